The summed E-state index contributed by atoms with van der Waals surface area (Å²) in [5.74, 6) is 2.36. The van der Waals surface area contributed by atoms with Crippen molar-refractivity contribution in [3.8, 4) is 11.8 Å². The number of nitrogens with zero attached hydrogens (tertiary/aromatic N) is 5. The van der Waals surface area contributed by atoms with Crippen molar-refractivity contribution in [3.63, 3.8) is 0 Å². The molecule has 1 aliphatic rings. The third-order valence-electron chi connectivity index (χ3n) is 6.60. The van der Waals surface area contributed by atoms with Crippen molar-refractivity contribution in [3.05, 3.63) is 45.9 Å². The van der Waals surface area contributed by atoms with Crippen LogP contribution in [0.5, 0.6) is 0 Å². The van der Waals surface area contributed by atoms with Gasteiger partial charge in [-0.15, -0.1) is 0 Å². The third kappa shape index (κ3) is 3.35. The molecule has 30 heavy (non-hydrogen) atoms. The van der Waals surface area contributed by atoms with E-state index in [4.69, 9.17) is 15.2 Å². The summed E-state index contributed by atoms with van der Waals surface area (Å²) in [6.45, 7) is 14.8. The summed E-state index contributed by atoms with van der Waals surface area (Å²) in [5.41, 5.74) is 8.52. The van der Waals surface area contributed by atoms with Crippen molar-refractivity contribution < 1.29 is 0 Å². The first-order valence-electron chi connectivity index (χ1n) is 10.9. The highest BCUT2D eigenvalue weighted by molar-refractivity contribution is 5.94. The van der Waals surface area contributed by atoms with Gasteiger partial charge in [0.25, 0.3) is 0 Å². The molecule has 3 aromatic rings. The molecule has 156 valence electrons. The minimum absolute atomic E-state index is 0.509. The summed E-state index contributed by atoms with van der Waals surface area (Å²) in [7, 11) is 0. The van der Waals surface area contributed by atoms with Gasteiger partial charge < -0.3 is 4.90 Å². The zero-order chi connectivity index (χ0) is 21.6. The van der Waals surface area contributed by atoms with Crippen molar-refractivity contribution in [1.29, 1.82) is 5.26 Å². The fourth-order valence-electron chi connectivity index (χ4n) is 5.05. The maximum absolute atomic E-state index is 9.03. The van der Waals surface area contributed by atoms with Crippen molar-refractivity contribution in [2.45, 2.75) is 60.8 Å². The Morgan fingerprint density at radius 3 is 2.23 bits per heavy atom. The number of hydrogen-bond acceptors (Lipinski definition) is 4. The van der Waals surface area contributed by atoms with E-state index >= 15 is 0 Å². The fraction of sp³-hybridized carbons (Fsp3) is 0.480. The molecule has 0 saturated carbocycles. The van der Waals surface area contributed by atoms with Crippen LogP contribution in [0.15, 0.2) is 12.1 Å². The van der Waals surface area contributed by atoms with Crippen molar-refractivity contribution >= 4 is 16.9 Å². The monoisotopic (exact) mass is 401 g/mol. The lowest BCUT2D eigenvalue weighted by molar-refractivity contribution is 0.411. The summed E-state index contributed by atoms with van der Waals surface area (Å²) in [5, 5.41) is 10.2. The topological polar surface area (TPSA) is 57.7 Å². The van der Waals surface area contributed by atoms with Gasteiger partial charge in [-0.3, -0.25) is 4.57 Å². The molecular formula is C25H31N5. The number of hydrogen-bond donors (Lipinski definition) is 0. The number of fused-ring (bicyclic) bond motifs is 1. The summed E-state index contributed by atoms with van der Waals surface area (Å²) >= 11 is 0. The van der Waals surface area contributed by atoms with E-state index in [1.807, 2.05) is 6.92 Å². The Hall–Kier alpha value is -2.87. The van der Waals surface area contributed by atoms with E-state index in [0.717, 1.165) is 48.6 Å². The molecule has 1 saturated heterocycles. The van der Waals surface area contributed by atoms with Gasteiger partial charge in [0.15, 0.2) is 5.65 Å². The van der Waals surface area contributed by atoms with Gasteiger partial charge in [0.2, 0.25) is 0 Å². The lowest BCUT2D eigenvalue weighted by atomic mass is 9.94. The molecule has 0 bridgehead atoms. The van der Waals surface area contributed by atoms with Gasteiger partial charge in [-0.2, -0.15) is 5.26 Å². The molecule has 0 atom stereocenters. The predicted molar refractivity (Wildman–Crippen MR) is 122 cm³/mol. The van der Waals surface area contributed by atoms with Crippen LogP contribution in [0.3, 0.4) is 0 Å². The molecular weight excluding hydrogens is 370 g/mol. The number of anilines is 1. The minimum Gasteiger partial charge on any atom is -0.356 e. The van der Waals surface area contributed by atoms with Gasteiger partial charge in [-0.1, -0.05) is 17.7 Å². The van der Waals surface area contributed by atoms with Crippen LogP contribution in [-0.2, 0) is 0 Å². The number of benzene rings is 1. The summed E-state index contributed by atoms with van der Waals surface area (Å²) in [6, 6.07) is 6.83. The Kier molecular flexibility index (Phi) is 5.27. The number of piperidine rings is 1. The smallest absolute Gasteiger partial charge is 0.150 e. The second kappa shape index (κ2) is 7.75. The van der Waals surface area contributed by atoms with E-state index in [9.17, 15) is 0 Å². The van der Waals surface area contributed by atoms with Crippen LogP contribution in [0.25, 0.3) is 16.7 Å². The molecule has 0 amide bonds. The van der Waals surface area contributed by atoms with Crippen LogP contribution in [0.1, 0.15) is 53.0 Å². The number of aryl methyl sites for hydroxylation is 5. The Bertz CT molecular complexity index is 1130. The first-order chi connectivity index (χ1) is 14.3. The summed E-state index contributed by atoms with van der Waals surface area (Å²) in [6.07, 6.45) is 2.76. The van der Waals surface area contributed by atoms with Crippen LogP contribution in [0.2, 0.25) is 0 Å². The normalized spacial score (nSPS) is 15.0. The van der Waals surface area contributed by atoms with Crippen LogP contribution in [-0.4, -0.2) is 27.6 Å². The second-order valence-corrected chi connectivity index (χ2v) is 8.88. The van der Waals surface area contributed by atoms with Crippen molar-refractivity contribution in [2.75, 3.05) is 18.0 Å². The molecule has 0 aliphatic carbocycles. The lowest BCUT2D eigenvalue weighted by Crippen LogP contribution is -2.34. The Labute approximate surface area is 179 Å². The molecule has 4 rings (SSSR count). The van der Waals surface area contributed by atoms with Crippen LogP contribution in [0, 0.1) is 58.8 Å². The summed E-state index contributed by atoms with van der Waals surface area (Å²) < 4.78 is 2.33. The zero-order valence-electron chi connectivity index (χ0n) is 19.0. The maximum atomic E-state index is 9.03. The highest BCUT2D eigenvalue weighted by atomic mass is 15.2. The molecule has 0 spiro atoms. The first-order valence-corrected chi connectivity index (χ1v) is 10.9. The van der Waals surface area contributed by atoms with Crippen molar-refractivity contribution in [1.82, 2.24) is 14.5 Å². The Morgan fingerprint density at radius 2 is 1.63 bits per heavy atom. The average Bonchev–Trinajstić information content (AvgIpc) is 2.92. The Morgan fingerprint density at radius 1 is 1.00 bits per heavy atom. The first kappa shape index (κ1) is 20.4. The number of aromatic nitrogens is 3. The van der Waals surface area contributed by atoms with E-state index in [2.05, 4.69) is 62.3 Å². The quantitative estimate of drug-likeness (QED) is 0.589. The zero-order valence-corrected chi connectivity index (χ0v) is 19.0. The van der Waals surface area contributed by atoms with Gasteiger partial charge in [0.05, 0.1) is 17.1 Å². The molecule has 1 aliphatic heterocycles. The molecule has 0 radical (unpaired) electrons. The molecule has 0 unspecified atom stereocenters. The SMILES string of the molecule is Cc1cc(C)c(-n2c(C)c(C)c3c(N4CCC(CC#N)CC4)nc(C)nc32)c(C)c1. The van der Waals surface area contributed by atoms with Gasteiger partial charge >= 0.3 is 0 Å². The maximum Gasteiger partial charge on any atom is 0.150 e. The van der Waals surface area contributed by atoms with E-state index in [0.29, 0.717) is 12.3 Å². The second-order valence-electron chi connectivity index (χ2n) is 8.88. The van der Waals surface area contributed by atoms with Gasteiger partial charge in [0, 0.05) is 25.2 Å². The minimum atomic E-state index is 0.509. The van der Waals surface area contributed by atoms with Crippen molar-refractivity contribution in [2.24, 2.45) is 5.92 Å². The van der Waals surface area contributed by atoms with E-state index in [1.165, 1.54) is 33.6 Å². The number of nitriles is 1. The predicted octanol–water partition coefficient (Wildman–Crippen LogP) is 5.40. The highest BCUT2D eigenvalue weighted by Crippen LogP contribution is 2.37. The van der Waals surface area contributed by atoms with E-state index < -0.39 is 0 Å². The largest absolute Gasteiger partial charge is 0.356 e. The molecule has 5 nitrogen and oxygen atoms in total. The van der Waals surface area contributed by atoms with Gasteiger partial charge in [0.1, 0.15) is 11.6 Å². The van der Waals surface area contributed by atoms with Crippen LogP contribution in [0.4, 0.5) is 5.82 Å². The van der Waals surface area contributed by atoms with E-state index in [1.54, 1.807) is 0 Å². The molecule has 0 N–H and O–H groups in total. The highest BCUT2D eigenvalue weighted by Gasteiger charge is 2.26. The molecule has 2 aromatic heterocycles. The number of rotatable bonds is 3. The van der Waals surface area contributed by atoms with Crippen LogP contribution >= 0.6 is 0 Å². The fourth-order valence-corrected chi connectivity index (χ4v) is 5.05. The summed E-state index contributed by atoms with van der Waals surface area (Å²) in [4.78, 5) is 12.2. The molecule has 5 heteroatoms. The molecule has 1 fully saturated rings. The Balaban J connectivity index is 1.89. The van der Waals surface area contributed by atoms with E-state index in [-0.39, 0.29) is 0 Å². The third-order valence-corrected chi connectivity index (χ3v) is 6.60. The van der Waals surface area contributed by atoms with Crippen LogP contribution < -0.4 is 4.90 Å². The standard InChI is InChI=1S/C25H31N5/c1-15-13-16(2)23(17(3)14-15)30-19(5)18(4)22-24(27-20(6)28-25(22)30)29-11-8-21(7-10-26)9-12-29/h13-14,21H,7-9,11-12H2,1-6H3. The van der Waals surface area contributed by atoms with Gasteiger partial charge in [-0.05, 0) is 77.0 Å². The molecule has 1 aromatic carbocycles. The lowest BCUT2D eigenvalue weighted by Gasteiger charge is -2.32. The van der Waals surface area contributed by atoms with Gasteiger partial charge in [-0.25, -0.2) is 9.97 Å². The average molecular weight is 402 g/mol. The molecule has 3 heterocycles.